The topological polar surface area (TPSA) is 118 Å². The molecule has 2 aromatic heterocycles. The van der Waals surface area contributed by atoms with E-state index in [0.717, 1.165) is 0 Å². The summed E-state index contributed by atoms with van der Waals surface area (Å²) in [6.45, 7) is 0.249. The number of aromatic nitrogens is 4. The molecule has 10 heteroatoms. The van der Waals surface area contributed by atoms with E-state index in [1.807, 2.05) is 0 Å². The van der Waals surface area contributed by atoms with Gasteiger partial charge in [-0.05, 0) is 15.9 Å². The Morgan fingerprint density at radius 1 is 1.45 bits per heavy atom. The van der Waals surface area contributed by atoms with Gasteiger partial charge in [-0.1, -0.05) is 0 Å². The molecule has 0 aromatic carbocycles. The van der Waals surface area contributed by atoms with Crippen LogP contribution in [0.2, 0.25) is 0 Å². The van der Waals surface area contributed by atoms with Crippen LogP contribution in [0.5, 0.6) is 0 Å². The summed E-state index contributed by atoms with van der Waals surface area (Å²) in [4.78, 5) is 12.4. The summed E-state index contributed by atoms with van der Waals surface area (Å²) in [5, 5.41) is 10.3. The molecule has 0 saturated carbocycles. The van der Waals surface area contributed by atoms with Crippen molar-refractivity contribution >= 4 is 32.9 Å². The smallest absolute Gasteiger partial charge is 0.181 e. The maximum atomic E-state index is 10.3. The first kappa shape index (κ1) is 15.6. The van der Waals surface area contributed by atoms with Gasteiger partial charge in [0.15, 0.2) is 27.9 Å². The minimum atomic E-state index is -0.835. The molecule has 0 amide bonds. The molecule has 2 unspecified atom stereocenters. The number of fused-ring (bicyclic) bond motifs is 1. The van der Waals surface area contributed by atoms with Gasteiger partial charge in [0.25, 0.3) is 0 Å². The maximum Gasteiger partial charge on any atom is 0.181 e. The van der Waals surface area contributed by atoms with Crippen molar-refractivity contribution < 1.29 is 19.3 Å². The van der Waals surface area contributed by atoms with E-state index in [9.17, 15) is 5.11 Å². The average Bonchev–Trinajstić information content (AvgIpc) is 2.98. The van der Waals surface area contributed by atoms with E-state index in [1.165, 1.54) is 13.4 Å². The molecule has 3 rings (SSSR count). The average molecular weight is 374 g/mol. The van der Waals surface area contributed by atoms with Crippen molar-refractivity contribution in [2.75, 3.05) is 26.6 Å². The van der Waals surface area contributed by atoms with Crippen LogP contribution in [0.4, 0.5) is 5.82 Å². The Bertz CT molecular complexity index is 681. The molecule has 120 valence electrons. The zero-order chi connectivity index (χ0) is 15.9. The van der Waals surface area contributed by atoms with Crippen molar-refractivity contribution in [2.24, 2.45) is 0 Å². The lowest BCUT2D eigenvalue weighted by Crippen LogP contribution is -2.35. The lowest BCUT2D eigenvalue weighted by atomic mass is 10.1. The van der Waals surface area contributed by atoms with E-state index in [-0.39, 0.29) is 12.4 Å². The predicted molar refractivity (Wildman–Crippen MR) is 80.0 cm³/mol. The SMILES string of the molecule is COC[C@H]1O[C@@H](n2c(Br)nc3c(N)ncnc32)C(OC)C1O. The van der Waals surface area contributed by atoms with Gasteiger partial charge in [0, 0.05) is 14.2 Å². The first-order chi connectivity index (χ1) is 10.6. The second-order valence-corrected chi connectivity index (χ2v) is 5.60. The fourth-order valence-corrected chi connectivity index (χ4v) is 3.16. The summed E-state index contributed by atoms with van der Waals surface area (Å²) >= 11 is 3.37. The molecule has 22 heavy (non-hydrogen) atoms. The number of nitrogen functional groups attached to an aromatic ring is 1. The Morgan fingerprint density at radius 3 is 2.91 bits per heavy atom. The van der Waals surface area contributed by atoms with Crippen LogP contribution >= 0.6 is 15.9 Å². The summed E-state index contributed by atoms with van der Waals surface area (Å²) < 4.78 is 18.5. The number of hydrogen-bond donors (Lipinski definition) is 2. The highest BCUT2D eigenvalue weighted by molar-refractivity contribution is 9.10. The lowest BCUT2D eigenvalue weighted by molar-refractivity contribution is -0.0640. The molecule has 9 nitrogen and oxygen atoms in total. The summed E-state index contributed by atoms with van der Waals surface area (Å²) in [5.74, 6) is 0.269. The molecule has 3 heterocycles. The second kappa shape index (κ2) is 6.05. The van der Waals surface area contributed by atoms with Crippen LogP contribution in [0.25, 0.3) is 11.2 Å². The lowest BCUT2D eigenvalue weighted by Gasteiger charge is -2.20. The summed E-state index contributed by atoms with van der Waals surface area (Å²) in [6, 6.07) is 0. The van der Waals surface area contributed by atoms with Crippen LogP contribution in [0, 0.1) is 0 Å². The zero-order valence-corrected chi connectivity index (χ0v) is 13.6. The van der Waals surface area contributed by atoms with Gasteiger partial charge < -0.3 is 25.1 Å². The Hall–Kier alpha value is -1.33. The third-order valence-corrected chi connectivity index (χ3v) is 4.19. The van der Waals surface area contributed by atoms with E-state index in [2.05, 4.69) is 30.9 Å². The van der Waals surface area contributed by atoms with Gasteiger partial charge in [-0.3, -0.25) is 4.57 Å². The maximum absolute atomic E-state index is 10.3. The van der Waals surface area contributed by atoms with E-state index < -0.39 is 24.5 Å². The van der Waals surface area contributed by atoms with Crippen molar-refractivity contribution in [3.8, 4) is 0 Å². The molecule has 0 aliphatic carbocycles. The van der Waals surface area contributed by atoms with Crippen LogP contribution in [-0.2, 0) is 14.2 Å². The van der Waals surface area contributed by atoms with Crippen molar-refractivity contribution in [1.82, 2.24) is 19.5 Å². The van der Waals surface area contributed by atoms with Crippen LogP contribution in [0.3, 0.4) is 0 Å². The Morgan fingerprint density at radius 2 is 2.23 bits per heavy atom. The van der Waals surface area contributed by atoms with E-state index in [0.29, 0.717) is 15.9 Å². The third-order valence-electron chi connectivity index (χ3n) is 3.63. The van der Waals surface area contributed by atoms with Crippen molar-refractivity contribution in [3.63, 3.8) is 0 Å². The first-order valence-corrected chi connectivity index (χ1v) is 7.37. The Kier molecular flexibility index (Phi) is 4.28. The number of methoxy groups -OCH3 is 2. The van der Waals surface area contributed by atoms with Gasteiger partial charge in [0.2, 0.25) is 0 Å². The molecule has 1 fully saturated rings. The molecule has 2 aromatic rings. The molecule has 3 N–H and O–H groups in total. The minimum Gasteiger partial charge on any atom is -0.387 e. The van der Waals surface area contributed by atoms with E-state index in [4.69, 9.17) is 19.9 Å². The van der Waals surface area contributed by atoms with Gasteiger partial charge in [-0.15, -0.1) is 0 Å². The van der Waals surface area contributed by atoms with Gasteiger partial charge in [0.1, 0.15) is 24.6 Å². The number of hydrogen-bond acceptors (Lipinski definition) is 8. The molecule has 0 radical (unpaired) electrons. The predicted octanol–water partition coefficient (Wildman–Crippen LogP) is 0.0907. The summed E-state index contributed by atoms with van der Waals surface area (Å²) in [5.41, 5.74) is 6.77. The monoisotopic (exact) mass is 373 g/mol. The molecule has 0 spiro atoms. The minimum absolute atomic E-state index is 0.249. The van der Waals surface area contributed by atoms with Crippen molar-refractivity contribution in [3.05, 3.63) is 11.1 Å². The van der Waals surface area contributed by atoms with Crippen LogP contribution in [0.1, 0.15) is 6.23 Å². The van der Waals surface area contributed by atoms with Crippen LogP contribution < -0.4 is 5.73 Å². The molecule has 1 saturated heterocycles. The number of imidazole rings is 1. The Balaban J connectivity index is 2.06. The zero-order valence-electron chi connectivity index (χ0n) is 12.0. The second-order valence-electron chi connectivity index (χ2n) is 4.89. The highest BCUT2D eigenvalue weighted by atomic mass is 79.9. The number of ether oxygens (including phenoxy) is 3. The Labute approximate surface area is 134 Å². The molecule has 0 bridgehead atoms. The first-order valence-electron chi connectivity index (χ1n) is 6.57. The van der Waals surface area contributed by atoms with Gasteiger partial charge in [-0.2, -0.15) is 0 Å². The number of aliphatic hydroxyl groups excluding tert-OH is 1. The number of rotatable bonds is 4. The number of nitrogens with two attached hydrogens (primary N) is 1. The molecule has 1 aliphatic rings. The number of anilines is 1. The largest absolute Gasteiger partial charge is 0.387 e. The third kappa shape index (κ3) is 2.36. The van der Waals surface area contributed by atoms with Gasteiger partial charge in [0.05, 0.1) is 6.61 Å². The normalized spacial score (nSPS) is 28.5. The van der Waals surface area contributed by atoms with E-state index in [1.54, 1.807) is 11.7 Å². The number of aliphatic hydroxyl groups is 1. The molecular weight excluding hydrogens is 358 g/mol. The fourth-order valence-electron chi connectivity index (χ4n) is 2.61. The number of nitrogens with zero attached hydrogens (tertiary/aromatic N) is 4. The number of halogens is 1. The molecular formula is C12H16BrN5O4. The van der Waals surface area contributed by atoms with Gasteiger partial charge in [-0.25, -0.2) is 15.0 Å². The van der Waals surface area contributed by atoms with Crippen molar-refractivity contribution in [2.45, 2.75) is 24.5 Å². The highest BCUT2D eigenvalue weighted by Gasteiger charge is 2.46. The quantitative estimate of drug-likeness (QED) is 0.724. The van der Waals surface area contributed by atoms with Crippen LogP contribution in [0.15, 0.2) is 11.1 Å². The fraction of sp³-hybridized carbons (Fsp3) is 0.583. The summed E-state index contributed by atoms with van der Waals surface area (Å²) in [7, 11) is 3.05. The van der Waals surface area contributed by atoms with Gasteiger partial charge >= 0.3 is 0 Å². The standard InChI is InChI=1S/C12H16BrN5O4/c1-20-3-5-7(19)8(21-2)11(22-5)18-10-6(17-12(18)13)9(14)15-4-16-10/h4-5,7-8,11,19H,3H2,1-2H3,(H2,14,15,16)/t5-,7?,8?,11-/m1/s1. The van der Waals surface area contributed by atoms with Crippen molar-refractivity contribution in [1.29, 1.82) is 0 Å². The summed E-state index contributed by atoms with van der Waals surface area (Å²) in [6.07, 6.45) is -1.21. The molecule has 1 aliphatic heterocycles. The highest BCUT2D eigenvalue weighted by Crippen LogP contribution is 2.36. The van der Waals surface area contributed by atoms with E-state index >= 15 is 0 Å². The van der Waals surface area contributed by atoms with Crippen LogP contribution in [-0.4, -0.2) is 63.8 Å². The molecule has 4 atom stereocenters.